The van der Waals surface area contributed by atoms with Crippen molar-refractivity contribution in [3.63, 3.8) is 0 Å². The third-order valence-electron chi connectivity index (χ3n) is 3.08. The summed E-state index contributed by atoms with van der Waals surface area (Å²) in [5.41, 5.74) is 0. The Morgan fingerprint density at radius 2 is 1.08 bits per heavy atom. The molecule has 4 aromatic carbocycles. The van der Waals surface area contributed by atoms with Gasteiger partial charge in [-0.15, -0.1) is 39.7 Å². The van der Waals surface area contributed by atoms with Crippen LogP contribution in [0.3, 0.4) is 0 Å². The van der Waals surface area contributed by atoms with Gasteiger partial charge in [-0.25, -0.2) is 12.1 Å². The van der Waals surface area contributed by atoms with Gasteiger partial charge in [0.1, 0.15) is 0 Å². The minimum absolute atomic E-state index is 0. The van der Waals surface area contributed by atoms with Gasteiger partial charge in [0.2, 0.25) is 0 Å². The van der Waals surface area contributed by atoms with Crippen molar-refractivity contribution in [2.75, 3.05) is 0 Å². The Kier molecular flexibility index (Phi) is 11.9. The third-order valence-corrected chi connectivity index (χ3v) is 3.08. The Labute approximate surface area is 160 Å². The van der Waals surface area contributed by atoms with Crippen LogP contribution in [0.2, 0.25) is 0 Å². The van der Waals surface area contributed by atoms with Crippen molar-refractivity contribution in [2.45, 2.75) is 0 Å². The molecule has 3 heteroatoms. The smallest absolute Gasteiger partial charge is 0.0771 e. The Morgan fingerprint density at radius 1 is 0.708 bits per heavy atom. The summed E-state index contributed by atoms with van der Waals surface area (Å²) in [6.45, 7) is 0. The van der Waals surface area contributed by atoms with Crippen molar-refractivity contribution in [1.29, 1.82) is 0 Å². The van der Waals surface area contributed by atoms with Gasteiger partial charge >= 0.3 is 40.1 Å². The molecule has 0 fully saturated rings. The van der Waals surface area contributed by atoms with Gasteiger partial charge in [0.15, 0.2) is 0 Å². The molecule has 4 rings (SSSR count). The van der Waals surface area contributed by atoms with E-state index >= 15 is 0 Å². The molecule has 0 aliphatic rings. The van der Waals surface area contributed by atoms with E-state index in [9.17, 15) is 0 Å². The number of benzene rings is 2. The van der Waals surface area contributed by atoms with Gasteiger partial charge in [0, 0.05) is 0 Å². The maximum atomic E-state index is 5.13. The molecule has 0 heterocycles. The molecule has 0 saturated heterocycles. The Balaban J connectivity index is 0.000000409. The summed E-state index contributed by atoms with van der Waals surface area (Å²) < 4.78 is 3.37. The average Bonchev–Trinajstić information content (AvgIpc) is 3.18. The van der Waals surface area contributed by atoms with Crippen molar-refractivity contribution in [1.82, 2.24) is 0 Å². The number of fused-ring (bicyclic) bond motifs is 3. The summed E-state index contributed by atoms with van der Waals surface area (Å²) in [5, 5.41) is 5.39. The van der Waals surface area contributed by atoms with Crippen LogP contribution in [0.1, 0.15) is 0 Å². The minimum atomic E-state index is -1.85. The van der Waals surface area contributed by atoms with Crippen LogP contribution in [0.5, 0.6) is 0 Å². The molecular weight excluding hydrogens is 414 g/mol. The SMILES string of the molecule is [CH2]=[Zr]([Cl])[Cl].[CH3-].[CH3-].c1cc[cH-]c1.c1ccc2c(c1)[cH-]c1ccccc12. The zero-order chi connectivity index (χ0) is 15.8. The molecule has 0 aliphatic carbocycles. The van der Waals surface area contributed by atoms with Crippen LogP contribution < -0.4 is 0 Å². The fourth-order valence-electron chi connectivity index (χ4n) is 2.22. The first-order valence-electron chi connectivity index (χ1n) is 6.88. The second-order valence-electron chi connectivity index (χ2n) is 4.62. The van der Waals surface area contributed by atoms with Crippen LogP contribution >= 0.6 is 17.0 Å². The number of hydrogen-bond donors (Lipinski definition) is 0. The molecule has 24 heavy (non-hydrogen) atoms. The van der Waals surface area contributed by atoms with Crippen LogP contribution in [-0.4, -0.2) is 4.21 Å². The number of rotatable bonds is 0. The first-order valence-corrected chi connectivity index (χ1v) is 14.9. The van der Waals surface area contributed by atoms with E-state index in [-0.39, 0.29) is 14.9 Å². The standard InChI is InChI=1S/C13H9.C5H5.2CH3.CH2.2ClH.Zr/c1-3-7-12-10(5-1)9-11-6-2-4-8-13(11)12;1-2-4-5-3-1;;;;;;/h1-9H;1-5H;2*1H3;1H2;2*1H;/q4*-1;;;;+2/p-2. The van der Waals surface area contributed by atoms with Gasteiger partial charge in [-0.05, 0) is 0 Å². The van der Waals surface area contributed by atoms with Gasteiger partial charge in [-0.3, -0.25) is 0 Å². The summed E-state index contributed by atoms with van der Waals surface area (Å²) in [7, 11) is 10.3. The van der Waals surface area contributed by atoms with E-state index < -0.39 is 18.9 Å². The topological polar surface area (TPSA) is 0 Å². The van der Waals surface area contributed by atoms with Crippen LogP contribution in [0, 0.1) is 14.9 Å². The van der Waals surface area contributed by atoms with Crippen LogP contribution in [0.25, 0.3) is 21.5 Å². The van der Waals surface area contributed by atoms with Gasteiger partial charge in [0.25, 0.3) is 0 Å². The number of halogens is 2. The van der Waals surface area contributed by atoms with E-state index in [4.69, 9.17) is 17.0 Å². The van der Waals surface area contributed by atoms with E-state index in [0.29, 0.717) is 0 Å². The van der Waals surface area contributed by atoms with Crippen LogP contribution in [0.4, 0.5) is 0 Å². The van der Waals surface area contributed by atoms with E-state index in [1.54, 1.807) is 0 Å². The molecule has 0 radical (unpaired) electrons. The van der Waals surface area contributed by atoms with Gasteiger partial charge in [-0.2, -0.15) is 18.2 Å². The molecule has 0 nitrogen and oxygen atoms in total. The summed E-state index contributed by atoms with van der Waals surface area (Å²) in [4.78, 5) is 0. The molecule has 4 aromatic rings. The monoisotopic (exact) mass is 434 g/mol. The largest absolute Gasteiger partial charge is 0.358 e. The van der Waals surface area contributed by atoms with E-state index in [1.165, 1.54) is 21.5 Å². The van der Waals surface area contributed by atoms with Crippen molar-refractivity contribution in [2.24, 2.45) is 0 Å². The second kappa shape index (κ2) is 12.4. The summed E-state index contributed by atoms with van der Waals surface area (Å²) in [6, 6.07) is 29.3. The minimum Gasteiger partial charge on any atom is -0.358 e. The van der Waals surface area contributed by atoms with Crippen molar-refractivity contribution in [3.8, 4) is 0 Å². The molecular formula is C21H22Cl2Zr-4. The van der Waals surface area contributed by atoms with Crippen molar-refractivity contribution in [3.05, 3.63) is 99.8 Å². The molecule has 0 amide bonds. The third kappa shape index (κ3) is 7.26. The summed E-state index contributed by atoms with van der Waals surface area (Å²) >= 11 is -1.85. The predicted molar refractivity (Wildman–Crippen MR) is 111 cm³/mol. The Hall–Kier alpha value is -1.01. The molecule has 128 valence electrons. The maximum absolute atomic E-state index is 5.13. The molecule has 0 N–H and O–H groups in total. The normalized spacial score (nSPS) is 8.75. The molecule has 0 aromatic heterocycles. The Morgan fingerprint density at radius 3 is 1.42 bits per heavy atom. The molecule has 0 bridgehead atoms. The quantitative estimate of drug-likeness (QED) is 0.253. The summed E-state index contributed by atoms with van der Waals surface area (Å²) in [5.74, 6) is 0. The fourth-order valence-corrected chi connectivity index (χ4v) is 2.22. The second-order valence-corrected chi connectivity index (χ2v) is 12.8. The van der Waals surface area contributed by atoms with Gasteiger partial charge in [0.05, 0.1) is 0 Å². The van der Waals surface area contributed by atoms with Crippen LogP contribution in [0.15, 0.2) is 84.9 Å². The van der Waals surface area contributed by atoms with Crippen LogP contribution in [-0.2, 0) is 18.9 Å². The molecule has 0 spiro atoms. The molecule has 0 unspecified atom stereocenters. The van der Waals surface area contributed by atoms with Gasteiger partial charge < -0.3 is 14.9 Å². The first-order chi connectivity index (χ1) is 10.7. The first kappa shape index (κ1) is 23.0. The molecule has 0 atom stereocenters. The van der Waals surface area contributed by atoms with E-state index in [2.05, 4.69) is 58.8 Å². The zero-order valence-electron chi connectivity index (χ0n) is 14.0. The molecule has 0 aliphatic heterocycles. The number of hydrogen-bond acceptors (Lipinski definition) is 0. The van der Waals surface area contributed by atoms with Gasteiger partial charge in [-0.1, -0.05) is 36.4 Å². The summed E-state index contributed by atoms with van der Waals surface area (Å²) in [6.07, 6.45) is 0. The van der Waals surface area contributed by atoms with E-state index in [1.807, 2.05) is 30.3 Å². The fraction of sp³-hybridized carbons (Fsp3) is 0. The van der Waals surface area contributed by atoms with Crippen molar-refractivity contribution >= 4 is 42.8 Å². The molecule has 0 saturated carbocycles. The Bertz CT molecular complexity index is 758. The van der Waals surface area contributed by atoms with E-state index in [0.717, 1.165) is 0 Å². The van der Waals surface area contributed by atoms with Crippen molar-refractivity contribution < 1.29 is 18.9 Å². The average molecular weight is 437 g/mol. The predicted octanol–water partition coefficient (Wildman–Crippen LogP) is 7.36. The maximum Gasteiger partial charge on any atom is -0.0771 e. The zero-order valence-corrected chi connectivity index (χ0v) is 18.0.